The zero-order chi connectivity index (χ0) is 13.3. The SMILES string of the molecule is Fc1ccc(Oc2nc(C(F)(F)F)cs2)cc1F. The normalized spacial score (nSPS) is 11.6. The Hall–Kier alpha value is -1.70. The van der Waals surface area contributed by atoms with Crippen molar-refractivity contribution in [2.75, 3.05) is 0 Å². The quantitative estimate of drug-likeness (QED) is 0.768. The van der Waals surface area contributed by atoms with Crippen LogP contribution in [0.3, 0.4) is 0 Å². The molecule has 0 fully saturated rings. The zero-order valence-electron chi connectivity index (χ0n) is 8.46. The van der Waals surface area contributed by atoms with Gasteiger partial charge in [0.15, 0.2) is 17.3 Å². The van der Waals surface area contributed by atoms with Crippen LogP contribution in [-0.2, 0) is 6.18 Å². The van der Waals surface area contributed by atoms with Crippen molar-refractivity contribution in [3.05, 3.63) is 40.9 Å². The molecule has 0 aliphatic heterocycles. The maximum atomic E-state index is 12.8. The molecular formula is C10H4F5NOS. The van der Waals surface area contributed by atoms with Gasteiger partial charge in [0.1, 0.15) is 5.75 Å². The van der Waals surface area contributed by atoms with E-state index in [9.17, 15) is 22.0 Å². The molecular weight excluding hydrogens is 277 g/mol. The maximum Gasteiger partial charge on any atom is 0.434 e. The second-order valence-corrected chi connectivity index (χ2v) is 4.00. The highest BCUT2D eigenvalue weighted by molar-refractivity contribution is 7.11. The number of thiazole rings is 1. The minimum absolute atomic E-state index is 0.128. The Labute approximate surface area is 102 Å². The summed E-state index contributed by atoms with van der Waals surface area (Å²) in [6.45, 7) is 0. The van der Waals surface area contributed by atoms with E-state index in [2.05, 4.69) is 4.98 Å². The third-order valence-corrected chi connectivity index (χ3v) is 2.59. The summed E-state index contributed by atoms with van der Waals surface area (Å²) in [4.78, 5) is 3.18. The summed E-state index contributed by atoms with van der Waals surface area (Å²) in [6.07, 6.45) is -4.56. The van der Waals surface area contributed by atoms with Crippen molar-refractivity contribution in [3.8, 4) is 10.9 Å². The highest BCUT2D eigenvalue weighted by Crippen LogP contribution is 2.34. The summed E-state index contributed by atoms with van der Waals surface area (Å²) in [5, 5.41) is 0.475. The topological polar surface area (TPSA) is 22.1 Å². The summed E-state index contributed by atoms with van der Waals surface area (Å²) >= 11 is 0.612. The van der Waals surface area contributed by atoms with E-state index in [0.717, 1.165) is 23.6 Å². The predicted molar refractivity (Wildman–Crippen MR) is 53.5 cm³/mol. The average Bonchev–Trinajstić information content (AvgIpc) is 2.72. The van der Waals surface area contributed by atoms with Crippen molar-refractivity contribution in [2.24, 2.45) is 0 Å². The van der Waals surface area contributed by atoms with Gasteiger partial charge < -0.3 is 4.74 Å². The molecule has 2 nitrogen and oxygen atoms in total. The van der Waals surface area contributed by atoms with Crippen LogP contribution in [0.5, 0.6) is 10.9 Å². The highest BCUT2D eigenvalue weighted by atomic mass is 32.1. The minimum Gasteiger partial charge on any atom is -0.431 e. The summed E-state index contributed by atoms with van der Waals surface area (Å²) in [5.41, 5.74) is -1.09. The van der Waals surface area contributed by atoms with Gasteiger partial charge in [-0.05, 0) is 12.1 Å². The Kier molecular flexibility index (Phi) is 3.20. The van der Waals surface area contributed by atoms with Gasteiger partial charge in [0.2, 0.25) is 0 Å². The first-order chi connectivity index (χ1) is 8.36. The van der Waals surface area contributed by atoms with Gasteiger partial charge in [-0.25, -0.2) is 8.78 Å². The van der Waals surface area contributed by atoms with Gasteiger partial charge >= 0.3 is 6.18 Å². The molecule has 0 saturated carbocycles. The molecule has 0 amide bonds. The van der Waals surface area contributed by atoms with Gasteiger partial charge in [-0.2, -0.15) is 18.2 Å². The molecule has 2 aromatic rings. The van der Waals surface area contributed by atoms with Gasteiger partial charge in [0.25, 0.3) is 5.19 Å². The first-order valence-electron chi connectivity index (χ1n) is 4.52. The molecule has 2 rings (SSSR count). The van der Waals surface area contributed by atoms with Crippen LogP contribution < -0.4 is 4.74 Å². The molecule has 0 saturated heterocycles. The van der Waals surface area contributed by atoms with Crippen molar-refractivity contribution < 1.29 is 26.7 Å². The molecule has 96 valence electrons. The second kappa shape index (κ2) is 4.52. The van der Waals surface area contributed by atoms with E-state index >= 15 is 0 Å². The molecule has 8 heteroatoms. The van der Waals surface area contributed by atoms with E-state index in [1.54, 1.807) is 0 Å². The second-order valence-electron chi connectivity index (χ2n) is 3.17. The molecule has 0 aliphatic rings. The molecule has 0 unspecified atom stereocenters. The average molecular weight is 281 g/mol. The summed E-state index contributed by atoms with van der Waals surface area (Å²) in [5.74, 6) is -2.35. The van der Waals surface area contributed by atoms with E-state index in [4.69, 9.17) is 4.74 Å². The van der Waals surface area contributed by atoms with Crippen LogP contribution in [0.25, 0.3) is 0 Å². The van der Waals surface area contributed by atoms with E-state index in [-0.39, 0.29) is 10.9 Å². The van der Waals surface area contributed by atoms with Crippen LogP contribution in [0.2, 0.25) is 0 Å². The smallest absolute Gasteiger partial charge is 0.431 e. The summed E-state index contributed by atoms with van der Waals surface area (Å²) in [6, 6.07) is 2.63. The molecule has 18 heavy (non-hydrogen) atoms. The minimum atomic E-state index is -4.56. The van der Waals surface area contributed by atoms with Crippen LogP contribution in [0, 0.1) is 11.6 Å². The first-order valence-corrected chi connectivity index (χ1v) is 5.40. The fraction of sp³-hybridized carbons (Fsp3) is 0.100. The Bertz CT molecular complexity index is 566. The van der Waals surface area contributed by atoms with Crippen LogP contribution in [-0.4, -0.2) is 4.98 Å². The lowest BCUT2D eigenvalue weighted by Crippen LogP contribution is -2.04. The van der Waals surface area contributed by atoms with Crippen LogP contribution in [0.1, 0.15) is 5.69 Å². The summed E-state index contributed by atoms with van der Waals surface area (Å²) in [7, 11) is 0. The van der Waals surface area contributed by atoms with Crippen molar-refractivity contribution in [2.45, 2.75) is 6.18 Å². The Morgan fingerprint density at radius 1 is 1.11 bits per heavy atom. The molecule has 0 spiro atoms. The zero-order valence-corrected chi connectivity index (χ0v) is 9.28. The number of hydrogen-bond acceptors (Lipinski definition) is 3. The molecule has 1 aromatic heterocycles. The van der Waals surface area contributed by atoms with Crippen molar-refractivity contribution in [1.29, 1.82) is 0 Å². The molecule has 0 bridgehead atoms. The number of alkyl halides is 3. The molecule has 1 heterocycles. The summed E-state index contributed by atoms with van der Waals surface area (Å²) < 4.78 is 67.0. The van der Waals surface area contributed by atoms with E-state index in [1.165, 1.54) is 0 Å². The van der Waals surface area contributed by atoms with Crippen molar-refractivity contribution in [3.63, 3.8) is 0 Å². The number of hydrogen-bond donors (Lipinski definition) is 0. The van der Waals surface area contributed by atoms with E-state index in [0.29, 0.717) is 11.3 Å². The maximum absolute atomic E-state index is 12.8. The molecule has 1 aromatic carbocycles. The Balaban J connectivity index is 2.19. The third kappa shape index (κ3) is 2.76. The molecule has 0 radical (unpaired) electrons. The molecule has 0 atom stereocenters. The van der Waals surface area contributed by atoms with Crippen LogP contribution in [0.4, 0.5) is 22.0 Å². The number of halogens is 5. The Morgan fingerprint density at radius 3 is 2.39 bits per heavy atom. The number of ether oxygens (including phenoxy) is 1. The van der Waals surface area contributed by atoms with Crippen LogP contribution in [0.15, 0.2) is 23.6 Å². The number of benzene rings is 1. The first kappa shape index (κ1) is 12.7. The monoisotopic (exact) mass is 281 g/mol. The number of rotatable bonds is 2. The highest BCUT2D eigenvalue weighted by Gasteiger charge is 2.34. The lowest BCUT2D eigenvalue weighted by molar-refractivity contribution is -0.140. The molecule has 0 N–H and O–H groups in total. The fourth-order valence-corrected chi connectivity index (χ4v) is 1.77. The lowest BCUT2D eigenvalue weighted by atomic mass is 10.3. The van der Waals surface area contributed by atoms with E-state index in [1.807, 2.05) is 0 Å². The van der Waals surface area contributed by atoms with Gasteiger partial charge in [-0.1, -0.05) is 11.3 Å². The standard InChI is InChI=1S/C10H4F5NOS/c11-6-2-1-5(3-7(6)12)17-9-16-8(4-18-9)10(13,14)15/h1-4H. The lowest BCUT2D eigenvalue weighted by Gasteiger charge is -2.02. The van der Waals surface area contributed by atoms with Gasteiger partial charge in [0.05, 0.1) is 0 Å². The predicted octanol–water partition coefficient (Wildman–Crippen LogP) is 4.23. The van der Waals surface area contributed by atoms with E-state index < -0.39 is 23.5 Å². The van der Waals surface area contributed by atoms with Gasteiger partial charge in [-0.3, -0.25) is 0 Å². The van der Waals surface area contributed by atoms with Crippen molar-refractivity contribution in [1.82, 2.24) is 4.98 Å². The third-order valence-electron chi connectivity index (χ3n) is 1.87. The van der Waals surface area contributed by atoms with Crippen molar-refractivity contribution >= 4 is 11.3 Å². The number of aromatic nitrogens is 1. The van der Waals surface area contributed by atoms with Crippen LogP contribution >= 0.6 is 11.3 Å². The largest absolute Gasteiger partial charge is 0.434 e. The van der Waals surface area contributed by atoms with Gasteiger partial charge in [0, 0.05) is 11.4 Å². The fourth-order valence-electron chi connectivity index (χ4n) is 1.08. The number of nitrogens with zero attached hydrogens (tertiary/aromatic N) is 1. The van der Waals surface area contributed by atoms with Gasteiger partial charge in [-0.15, -0.1) is 0 Å². The Morgan fingerprint density at radius 2 is 1.83 bits per heavy atom. The molecule has 0 aliphatic carbocycles.